The number of aliphatic hydroxyl groups is 2. The van der Waals surface area contributed by atoms with Crippen molar-refractivity contribution < 1.29 is 10.2 Å². The first kappa shape index (κ1) is 11.3. The molecule has 1 aromatic rings. The Balaban J connectivity index is 2.76. The van der Waals surface area contributed by atoms with E-state index in [1.165, 1.54) is 5.56 Å². The van der Waals surface area contributed by atoms with E-state index in [0.717, 1.165) is 6.16 Å². The molecule has 0 aliphatic rings. The predicted molar refractivity (Wildman–Crippen MR) is 63.4 cm³/mol. The summed E-state index contributed by atoms with van der Waals surface area (Å²) in [5, 5.41) is 17.6. The van der Waals surface area contributed by atoms with E-state index in [9.17, 15) is 0 Å². The van der Waals surface area contributed by atoms with Crippen molar-refractivity contribution in [1.29, 1.82) is 0 Å². The highest BCUT2D eigenvalue weighted by molar-refractivity contribution is 7.56. The minimum absolute atomic E-state index is 0.0784. The molecule has 0 atom stereocenters. The molecular formula is C11H15O2P. The van der Waals surface area contributed by atoms with Crippen LogP contribution in [0.15, 0.2) is 30.3 Å². The lowest BCUT2D eigenvalue weighted by Crippen LogP contribution is -1.86. The first-order valence-corrected chi connectivity index (χ1v) is 6.21. The summed E-state index contributed by atoms with van der Waals surface area (Å²) in [4.78, 5) is 0. The number of hydrogen-bond donors (Lipinski definition) is 2. The summed E-state index contributed by atoms with van der Waals surface area (Å²) in [7, 11) is -0.487. The average Bonchev–Trinajstić information content (AvgIpc) is 2.20. The molecule has 0 fully saturated rings. The Labute approximate surface area is 84.9 Å². The van der Waals surface area contributed by atoms with E-state index in [-0.39, 0.29) is 13.2 Å². The lowest BCUT2D eigenvalue weighted by Gasteiger charge is -1.98. The van der Waals surface area contributed by atoms with Gasteiger partial charge in [-0.15, -0.1) is 7.17 Å². The van der Waals surface area contributed by atoms with Gasteiger partial charge in [-0.3, -0.25) is 0 Å². The zero-order valence-electron chi connectivity index (χ0n) is 8.00. The molecule has 0 aliphatic carbocycles. The molecule has 2 nitrogen and oxygen atoms in total. The fourth-order valence-corrected chi connectivity index (χ4v) is 2.67. The monoisotopic (exact) mass is 210 g/mol. The summed E-state index contributed by atoms with van der Waals surface area (Å²) in [5.41, 5.74) is 1.24. The van der Waals surface area contributed by atoms with Crippen LogP contribution in [0.1, 0.15) is 5.56 Å². The van der Waals surface area contributed by atoms with Gasteiger partial charge in [-0.1, -0.05) is 30.3 Å². The standard InChI is InChI=1S/C11H15O2P/c12-6-8-14(9-7-13)10-11-4-2-1-3-5-11/h1-5,8-9,12-13H,6-7,10H2. The molecular weight excluding hydrogens is 195 g/mol. The molecule has 3 heteroatoms. The highest BCUT2D eigenvalue weighted by Gasteiger charge is 1.89. The van der Waals surface area contributed by atoms with Gasteiger partial charge in [0.15, 0.2) is 0 Å². The van der Waals surface area contributed by atoms with Crippen LogP contribution in [0.5, 0.6) is 0 Å². The smallest absolute Gasteiger partial charge is 0.0651 e. The molecule has 0 aromatic heterocycles. The second kappa shape index (κ2) is 6.61. The SMILES string of the molecule is OC/C=P(=C\CO)/Cc1ccccc1. The van der Waals surface area contributed by atoms with Crippen molar-refractivity contribution in [2.75, 3.05) is 13.2 Å². The predicted octanol–water partition coefficient (Wildman–Crippen LogP) is 1.26. The highest BCUT2D eigenvalue weighted by atomic mass is 31.1. The molecule has 0 unspecified atom stereocenters. The summed E-state index contributed by atoms with van der Waals surface area (Å²) < 4.78 is 0. The quantitative estimate of drug-likeness (QED) is 0.734. The maximum absolute atomic E-state index is 8.80. The van der Waals surface area contributed by atoms with Crippen LogP contribution >= 0.6 is 7.17 Å². The highest BCUT2D eigenvalue weighted by Crippen LogP contribution is 2.16. The third-order valence-electron chi connectivity index (χ3n) is 1.84. The van der Waals surface area contributed by atoms with Gasteiger partial charge < -0.3 is 10.2 Å². The van der Waals surface area contributed by atoms with Crippen molar-refractivity contribution in [3.63, 3.8) is 0 Å². The molecule has 0 heterocycles. The van der Waals surface area contributed by atoms with Crippen molar-refractivity contribution in [2.45, 2.75) is 6.16 Å². The van der Waals surface area contributed by atoms with Crippen LogP contribution in [0.4, 0.5) is 0 Å². The molecule has 0 spiro atoms. The van der Waals surface area contributed by atoms with Crippen molar-refractivity contribution >= 4 is 18.8 Å². The third kappa shape index (κ3) is 3.93. The zero-order chi connectivity index (χ0) is 10.2. The lowest BCUT2D eigenvalue weighted by atomic mass is 10.2. The largest absolute Gasteiger partial charge is 0.392 e. The summed E-state index contributed by atoms with van der Waals surface area (Å²) in [6, 6.07) is 10.1. The van der Waals surface area contributed by atoms with Gasteiger partial charge in [0.25, 0.3) is 0 Å². The lowest BCUT2D eigenvalue weighted by molar-refractivity contribution is 0.363. The van der Waals surface area contributed by atoms with Gasteiger partial charge in [0.1, 0.15) is 0 Å². The van der Waals surface area contributed by atoms with E-state index in [1.807, 2.05) is 29.8 Å². The summed E-state index contributed by atoms with van der Waals surface area (Å²) in [6.07, 6.45) is 0.900. The van der Waals surface area contributed by atoms with Crippen molar-refractivity contribution in [2.24, 2.45) is 0 Å². The molecule has 14 heavy (non-hydrogen) atoms. The van der Waals surface area contributed by atoms with E-state index in [0.29, 0.717) is 0 Å². The summed E-state index contributed by atoms with van der Waals surface area (Å²) in [6.45, 7) is 0.157. The third-order valence-corrected chi connectivity index (χ3v) is 3.84. The van der Waals surface area contributed by atoms with Crippen LogP contribution in [0.3, 0.4) is 0 Å². The maximum Gasteiger partial charge on any atom is 0.0651 e. The zero-order valence-corrected chi connectivity index (χ0v) is 8.90. The molecule has 76 valence electrons. The number of rotatable bonds is 4. The van der Waals surface area contributed by atoms with E-state index in [4.69, 9.17) is 10.2 Å². The van der Waals surface area contributed by atoms with Gasteiger partial charge in [0.2, 0.25) is 0 Å². The van der Waals surface area contributed by atoms with Crippen LogP contribution in [-0.4, -0.2) is 35.0 Å². The first-order valence-electron chi connectivity index (χ1n) is 4.55. The van der Waals surface area contributed by atoms with Crippen molar-refractivity contribution in [3.05, 3.63) is 35.9 Å². The Bertz CT molecular complexity index is 326. The first-order chi connectivity index (χ1) is 6.86. The van der Waals surface area contributed by atoms with Crippen LogP contribution in [0.25, 0.3) is 0 Å². The number of aliphatic hydroxyl groups excluding tert-OH is 2. The van der Waals surface area contributed by atoms with Crippen LogP contribution in [-0.2, 0) is 6.16 Å². The second-order valence-corrected chi connectivity index (χ2v) is 4.96. The van der Waals surface area contributed by atoms with Gasteiger partial charge in [0, 0.05) is 6.16 Å². The van der Waals surface area contributed by atoms with E-state index >= 15 is 0 Å². The minimum atomic E-state index is -0.487. The minimum Gasteiger partial charge on any atom is -0.392 e. The Morgan fingerprint density at radius 2 is 1.57 bits per heavy atom. The van der Waals surface area contributed by atoms with Crippen LogP contribution in [0.2, 0.25) is 0 Å². The van der Waals surface area contributed by atoms with E-state index in [1.54, 1.807) is 0 Å². The van der Waals surface area contributed by atoms with Crippen LogP contribution in [0, 0.1) is 0 Å². The summed E-state index contributed by atoms with van der Waals surface area (Å²) >= 11 is 0. The van der Waals surface area contributed by atoms with Gasteiger partial charge in [-0.2, -0.15) is 0 Å². The van der Waals surface area contributed by atoms with Crippen LogP contribution < -0.4 is 0 Å². The fraction of sp³-hybridized carbons (Fsp3) is 0.273. The van der Waals surface area contributed by atoms with Crippen molar-refractivity contribution in [1.82, 2.24) is 0 Å². The molecule has 2 N–H and O–H groups in total. The van der Waals surface area contributed by atoms with Gasteiger partial charge >= 0.3 is 0 Å². The normalized spacial score (nSPS) is 12.0. The molecule has 0 bridgehead atoms. The second-order valence-electron chi connectivity index (χ2n) is 2.89. The average molecular weight is 210 g/mol. The maximum atomic E-state index is 8.80. The van der Waals surface area contributed by atoms with E-state index in [2.05, 4.69) is 12.1 Å². The molecule has 0 saturated heterocycles. The molecule has 0 amide bonds. The number of benzene rings is 1. The molecule has 0 radical (unpaired) electrons. The van der Waals surface area contributed by atoms with E-state index < -0.39 is 7.17 Å². The molecule has 0 aliphatic heterocycles. The fourth-order valence-electron chi connectivity index (χ4n) is 1.21. The number of hydrogen-bond acceptors (Lipinski definition) is 2. The molecule has 1 rings (SSSR count). The van der Waals surface area contributed by atoms with Gasteiger partial charge in [-0.05, 0) is 17.2 Å². The Hall–Kier alpha value is -0.820. The Morgan fingerprint density at radius 3 is 2.07 bits per heavy atom. The van der Waals surface area contributed by atoms with Crippen molar-refractivity contribution in [3.8, 4) is 0 Å². The molecule has 1 aromatic carbocycles. The topological polar surface area (TPSA) is 40.5 Å². The summed E-state index contributed by atoms with van der Waals surface area (Å²) in [5.74, 6) is 3.72. The van der Waals surface area contributed by atoms with Gasteiger partial charge in [0.05, 0.1) is 13.2 Å². The Kier molecular flexibility index (Phi) is 5.31. The van der Waals surface area contributed by atoms with Gasteiger partial charge in [-0.25, -0.2) is 0 Å². The molecule has 0 saturated carbocycles. The Morgan fingerprint density at radius 1 is 1.00 bits per heavy atom.